The van der Waals surface area contributed by atoms with Crippen LogP contribution in [0.1, 0.15) is 98.8 Å². The summed E-state index contributed by atoms with van der Waals surface area (Å²) in [4.78, 5) is 62.7. The second-order valence-electron chi connectivity index (χ2n) is 17.0. The van der Waals surface area contributed by atoms with Crippen molar-refractivity contribution in [1.82, 2.24) is 14.6 Å². The molecule has 7 atom stereocenters. The van der Waals surface area contributed by atoms with Crippen LogP contribution >= 0.6 is 0 Å². The SMILES string of the molecule is CC[C@@H]1C[C@H](C)CC/C=C\[C@@H]2C[C@@]2(C(=O)NS(=O)(=O)C2CC2)CC(=O)[C@@H]2C[C@@H](Oc3nccc4cc(OC)c(F)cc34)CN2C(=O)[C@H]1CC(=O)OC(C)(C)C. The van der Waals surface area contributed by atoms with E-state index >= 15 is 0 Å². The number of ketones is 1. The van der Waals surface area contributed by atoms with Crippen LogP contribution in [-0.2, 0) is 33.9 Å². The third kappa shape index (κ3) is 9.16. The van der Waals surface area contributed by atoms with Crippen molar-refractivity contribution in [3.05, 3.63) is 42.4 Å². The van der Waals surface area contributed by atoms with Crippen LogP contribution in [0.15, 0.2) is 36.5 Å². The Bertz CT molecular complexity index is 1960. The Morgan fingerprint density at radius 3 is 2.55 bits per heavy atom. The topological polar surface area (TPSA) is 158 Å². The summed E-state index contributed by atoms with van der Waals surface area (Å²) in [6.45, 7) is 9.38. The smallest absolute Gasteiger partial charge is 0.307 e. The number of pyridine rings is 1. The second kappa shape index (κ2) is 15.8. The lowest BCUT2D eigenvalue weighted by Gasteiger charge is -2.33. The molecule has 0 unspecified atom stereocenters. The minimum absolute atomic E-state index is 0.0265. The number of esters is 1. The van der Waals surface area contributed by atoms with Gasteiger partial charge >= 0.3 is 5.97 Å². The van der Waals surface area contributed by atoms with E-state index in [4.69, 9.17) is 14.2 Å². The van der Waals surface area contributed by atoms with Gasteiger partial charge in [0.15, 0.2) is 17.3 Å². The van der Waals surface area contributed by atoms with E-state index in [1.165, 1.54) is 30.3 Å². The van der Waals surface area contributed by atoms with E-state index in [1.807, 2.05) is 19.1 Å². The van der Waals surface area contributed by atoms with E-state index < -0.39 is 67.8 Å². The first-order valence-corrected chi connectivity index (χ1v) is 21.1. The maximum atomic E-state index is 14.9. The van der Waals surface area contributed by atoms with E-state index in [1.54, 1.807) is 26.8 Å². The largest absolute Gasteiger partial charge is 0.494 e. The summed E-state index contributed by atoms with van der Waals surface area (Å²) in [5.74, 6) is -3.60. The fraction of sp³-hybridized carbons (Fsp3) is 0.634. The summed E-state index contributed by atoms with van der Waals surface area (Å²) in [5.41, 5.74) is -2.06. The highest BCUT2D eigenvalue weighted by atomic mass is 32.2. The number of halogens is 1. The van der Waals surface area contributed by atoms with Gasteiger partial charge in [0.2, 0.25) is 27.7 Å². The van der Waals surface area contributed by atoms with Crippen molar-refractivity contribution in [2.45, 2.75) is 122 Å². The first-order valence-electron chi connectivity index (χ1n) is 19.5. The molecule has 12 nitrogen and oxygen atoms in total. The number of allylic oxidation sites excluding steroid dienone is 2. The quantitative estimate of drug-likeness (QED) is 0.234. The van der Waals surface area contributed by atoms with Crippen molar-refractivity contribution in [2.24, 2.45) is 29.1 Å². The van der Waals surface area contributed by atoms with Crippen LogP contribution in [0, 0.1) is 34.9 Å². The summed E-state index contributed by atoms with van der Waals surface area (Å²) in [6, 6.07) is 3.45. The van der Waals surface area contributed by atoms with Gasteiger partial charge in [0, 0.05) is 24.4 Å². The maximum absolute atomic E-state index is 14.9. The number of aromatic nitrogens is 1. The number of carbonyl (C=O) groups is 4. The van der Waals surface area contributed by atoms with Crippen molar-refractivity contribution >= 4 is 44.4 Å². The Morgan fingerprint density at radius 2 is 1.87 bits per heavy atom. The number of nitrogens with one attached hydrogen (secondary N) is 1. The summed E-state index contributed by atoms with van der Waals surface area (Å²) in [7, 11) is -2.51. The number of hydrogen-bond donors (Lipinski definition) is 1. The Kier molecular flexibility index (Phi) is 11.7. The minimum Gasteiger partial charge on any atom is -0.494 e. The third-order valence-electron chi connectivity index (χ3n) is 11.6. The lowest BCUT2D eigenvalue weighted by molar-refractivity contribution is -0.160. The molecule has 2 aliphatic heterocycles. The molecule has 1 aromatic carbocycles. The van der Waals surface area contributed by atoms with E-state index in [0.29, 0.717) is 49.3 Å². The molecule has 2 aromatic rings. The van der Waals surface area contributed by atoms with E-state index in [0.717, 1.165) is 6.42 Å². The predicted octanol–water partition coefficient (Wildman–Crippen LogP) is 6.06. The molecule has 14 heteroatoms. The van der Waals surface area contributed by atoms with Gasteiger partial charge in [0.25, 0.3) is 0 Å². The van der Waals surface area contributed by atoms with Crippen molar-refractivity contribution < 1.29 is 46.2 Å². The molecular weight excluding hydrogens is 730 g/mol. The average molecular weight is 784 g/mol. The number of ether oxygens (including phenoxy) is 3. The Hall–Kier alpha value is -4.07. The molecule has 6 rings (SSSR count). The normalized spacial score (nSPS) is 29.7. The van der Waals surface area contributed by atoms with Gasteiger partial charge in [-0.2, -0.15) is 0 Å². The lowest BCUT2D eigenvalue weighted by Crippen LogP contribution is -2.48. The maximum Gasteiger partial charge on any atom is 0.307 e. The van der Waals surface area contributed by atoms with Crippen LogP contribution in [0.4, 0.5) is 4.39 Å². The average Bonchev–Trinajstić information content (AvgIpc) is 4.04. The van der Waals surface area contributed by atoms with Gasteiger partial charge in [0.1, 0.15) is 11.7 Å². The summed E-state index contributed by atoms with van der Waals surface area (Å²) in [5, 5.41) is 0.375. The van der Waals surface area contributed by atoms with E-state index in [2.05, 4.69) is 16.6 Å². The predicted molar refractivity (Wildman–Crippen MR) is 203 cm³/mol. The van der Waals surface area contributed by atoms with Gasteiger partial charge in [-0.05, 0) is 101 Å². The molecule has 300 valence electrons. The molecular formula is C41H54FN3O9S. The first kappa shape index (κ1) is 40.6. The standard InChI is InChI=1S/C41H54FN3O9S/c1-7-25-16-24(2)10-8-9-11-27-21-41(27,39(49)44-55(50,51)29-12-13-29)22-34(46)33-18-28(23-45(33)38(48)31(25)20-36(47)54-40(3,4)5)53-37-30-19-32(42)35(52-6)17-26(30)14-15-43-37/h9,11,14-15,17,19,24-25,27-29,31,33H,7-8,10,12-13,16,18,20-23H2,1-6H3,(H,44,49)/b11-9-/t24-,25-,27-,28-,31+,33+,41-/m1/s1. The van der Waals surface area contributed by atoms with Crippen LogP contribution < -0.4 is 14.2 Å². The van der Waals surface area contributed by atoms with Gasteiger partial charge in [0.05, 0.1) is 42.7 Å². The number of sulfonamides is 1. The number of nitrogens with zero attached hydrogens (tertiary/aromatic N) is 2. The summed E-state index contributed by atoms with van der Waals surface area (Å²) < 4.78 is 60.2. The molecule has 1 N–H and O–H groups in total. The molecule has 55 heavy (non-hydrogen) atoms. The molecule has 2 saturated carbocycles. The number of fused-ring (bicyclic) bond motifs is 3. The van der Waals surface area contributed by atoms with Gasteiger partial charge in [-0.15, -0.1) is 0 Å². The van der Waals surface area contributed by atoms with Crippen LogP contribution in [0.5, 0.6) is 11.6 Å². The number of benzene rings is 1. The highest BCUT2D eigenvalue weighted by Gasteiger charge is 2.61. The lowest BCUT2D eigenvalue weighted by atomic mass is 9.79. The Balaban J connectivity index is 1.37. The van der Waals surface area contributed by atoms with Crippen LogP contribution in [0.25, 0.3) is 10.8 Å². The fourth-order valence-electron chi connectivity index (χ4n) is 8.36. The summed E-state index contributed by atoms with van der Waals surface area (Å²) >= 11 is 0. The molecule has 1 saturated heterocycles. The van der Waals surface area contributed by atoms with Gasteiger partial charge in [-0.3, -0.25) is 23.9 Å². The third-order valence-corrected chi connectivity index (χ3v) is 13.4. The Morgan fingerprint density at radius 1 is 1.13 bits per heavy atom. The molecule has 0 bridgehead atoms. The van der Waals surface area contributed by atoms with Crippen molar-refractivity contribution in [1.29, 1.82) is 0 Å². The fourth-order valence-corrected chi connectivity index (χ4v) is 9.75. The molecule has 3 fully saturated rings. The number of rotatable bonds is 9. The van der Waals surface area contributed by atoms with Crippen molar-refractivity contribution in [3.63, 3.8) is 0 Å². The minimum atomic E-state index is -3.88. The van der Waals surface area contributed by atoms with Crippen molar-refractivity contribution in [2.75, 3.05) is 13.7 Å². The van der Waals surface area contributed by atoms with Gasteiger partial charge in [-0.1, -0.05) is 32.4 Å². The summed E-state index contributed by atoms with van der Waals surface area (Å²) in [6.07, 6.45) is 8.32. The highest BCUT2D eigenvalue weighted by molar-refractivity contribution is 7.90. The monoisotopic (exact) mass is 783 g/mol. The molecule has 0 radical (unpaired) electrons. The number of carbonyl (C=O) groups excluding carboxylic acids is 4. The van der Waals surface area contributed by atoms with E-state index in [-0.39, 0.29) is 61.1 Å². The zero-order valence-corrected chi connectivity index (χ0v) is 33.5. The van der Waals surface area contributed by atoms with Crippen LogP contribution in [-0.4, -0.2) is 78.5 Å². The molecule has 4 aliphatic rings. The van der Waals surface area contributed by atoms with Gasteiger partial charge in [-0.25, -0.2) is 17.8 Å². The molecule has 2 amide bonds. The molecule has 3 heterocycles. The van der Waals surface area contributed by atoms with Crippen LogP contribution in [0.2, 0.25) is 0 Å². The van der Waals surface area contributed by atoms with Gasteiger partial charge < -0.3 is 19.1 Å². The number of Topliss-reactive ketones (excluding diaryl/α,β-unsaturated/α-hetero) is 1. The van der Waals surface area contributed by atoms with Crippen LogP contribution in [0.3, 0.4) is 0 Å². The Labute approximate surface area is 323 Å². The second-order valence-corrected chi connectivity index (χ2v) is 19.0. The molecule has 1 aromatic heterocycles. The number of methoxy groups -OCH3 is 1. The van der Waals surface area contributed by atoms with Crippen molar-refractivity contribution in [3.8, 4) is 11.6 Å². The first-order chi connectivity index (χ1) is 25.9. The zero-order chi connectivity index (χ0) is 39.9. The number of hydrogen-bond acceptors (Lipinski definition) is 10. The number of amides is 2. The highest BCUT2D eigenvalue weighted by Crippen LogP contribution is 2.57. The van der Waals surface area contributed by atoms with E-state index in [9.17, 15) is 32.0 Å². The molecule has 2 aliphatic carbocycles. The zero-order valence-electron chi connectivity index (χ0n) is 32.6. The molecule has 0 spiro atoms.